The number of hydrogen-bond acceptors (Lipinski definition) is 6. The molecule has 1 aromatic carbocycles. The van der Waals surface area contributed by atoms with E-state index in [0.717, 1.165) is 17.0 Å². The fourth-order valence-corrected chi connectivity index (χ4v) is 7.34. The van der Waals surface area contributed by atoms with E-state index in [9.17, 15) is 33.0 Å². The maximum Gasteiger partial charge on any atom is 0.416 e. The summed E-state index contributed by atoms with van der Waals surface area (Å²) in [4.78, 5) is 26.6. The maximum absolute atomic E-state index is 13.1. The molecule has 0 saturated heterocycles. The first-order chi connectivity index (χ1) is 18.4. The molecule has 2 aromatic rings. The zero-order valence-corrected chi connectivity index (χ0v) is 22.8. The molecule has 6 atom stereocenters. The number of fused-ring (bicyclic) bond motifs is 1. The van der Waals surface area contributed by atoms with Crippen LogP contribution >= 0.6 is 11.3 Å². The number of aliphatic hydroxyl groups is 2. The van der Waals surface area contributed by atoms with Crippen molar-refractivity contribution in [1.82, 2.24) is 5.32 Å². The Morgan fingerprint density at radius 2 is 1.92 bits per heavy atom. The third-order valence-corrected chi connectivity index (χ3v) is 9.68. The summed E-state index contributed by atoms with van der Waals surface area (Å²) in [5.74, 6) is -0.655. The molecular formula is C28H35F3N2O5S. The van der Waals surface area contributed by atoms with Crippen molar-refractivity contribution in [3.05, 3.63) is 52.2 Å². The van der Waals surface area contributed by atoms with Gasteiger partial charge in [-0.1, -0.05) is 26.0 Å². The molecule has 0 radical (unpaired) electrons. The quantitative estimate of drug-likeness (QED) is 0.349. The number of alkyl halides is 3. The molecule has 4 N–H and O–H groups in total. The van der Waals surface area contributed by atoms with Crippen LogP contribution in [0.2, 0.25) is 0 Å². The molecule has 2 amide bonds. The van der Waals surface area contributed by atoms with E-state index in [-0.39, 0.29) is 36.5 Å². The van der Waals surface area contributed by atoms with Gasteiger partial charge in [0.15, 0.2) is 0 Å². The highest BCUT2D eigenvalue weighted by Gasteiger charge is 2.60. The number of benzene rings is 1. The molecule has 2 saturated carbocycles. The Kier molecular flexibility index (Phi) is 8.63. The van der Waals surface area contributed by atoms with Crippen molar-refractivity contribution >= 4 is 29.0 Å². The van der Waals surface area contributed by atoms with Crippen molar-refractivity contribution < 1.29 is 37.7 Å². The van der Waals surface area contributed by atoms with Crippen molar-refractivity contribution in [1.29, 1.82) is 0 Å². The second-order valence-corrected chi connectivity index (χ2v) is 12.2. The summed E-state index contributed by atoms with van der Waals surface area (Å²) in [7, 11) is 0. The number of carbonyl (C=O) groups excluding carboxylic acids is 2. The minimum atomic E-state index is -4.55. The second kappa shape index (κ2) is 11.5. The summed E-state index contributed by atoms with van der Waals surface area (Å²) >= 11 is 1.55. The summed E-state index contributed by atoms with van der Waals surface area (Å²) in [5, 5.41) is 28.8. The van der Waals surface area contributed by atoms with E-state index >= 15 is 0 Å². The zero-order valence-electron chi connectivity index (χ0n) is 22.0. The summed E-state index contributed by atoms with van der Waals surface area (Å²) in [5.41, 5.74) is -2.30. The first-order valence-corrected chi connectivity index (χ1v) is 14.0. The Balaban J connectivity index is 1.45. The van der Waals surface area contributed by atoms with Crippen LogP contribution < -0.4 is 10.6 Å². The van der Waals surface area contributed by atoms with Crippen LogP contribution in [0.15, 0.2) is 41.8 Å². The van der Waals surface area contributed by atoms with Crippen molar-refractivity contribution in [2.75, 3.05) is 11.9 Å². The minimum Gasteiger partial charge on any atom is -0.445 e. The summed E-state index contributed by atoms with van der Waals surface area (Å²) in [6.45, 7) is 4.00. The lowest BCUT2D eigenvalue weighted by atomic mass is 9.46. The first-order valence-electron chi connectivity index (χ1n) is 13.1. The highest BCUT2D eigenvalue weighted by atomic mass is 32.1. The van der Waals surface area contributed by atoms with E-state index in [1.165, 1.54) is 12.1 Å². The average Bonchev–Trinajstić information content (AvgIpc) is 3.40. The molecule has 0 spiro atoms. The van der Waals surface area contributed by atoms with Crippen LogP contribution in [0.1, 0.15) is 56.4 Å². The normalized spacial score (nSPS) is 30.7. The molecule has 11 heteroatoms. The van der Waals surface area contributed by atoms with Gasteiger partial charge >= 0.3 is 12.3 Å². The van der Waals surface area contributed by atoms with Crippen molar-refractivity contribution in [2.24, 2.45) is 22.7 Å². The Bertz CT molecular complexity index is 1160. The predicted molar refractivity (Wildman–Crippen MR) is 141 cm³/mol. The van der Waals surface area contributed by atoms with E-state index in [0.29, 0.717) is 32.2 Å². The minimum absolute atomic E-state index is 0.0458. The van der Waals surface area contributed by atoms with Crippen LogP contribution in [-0.4, -0.2) is 41.0 Å². The number of thiophene rings is 1. The van der Waals surface area contributed by atoms with Crippen molar-refractivity contribution in [3.63, 3.8) is 0 Å². The second-order valence-electron chi connectivity index (χ2n) is 11.2. The molecule has 2 aliphatic rings. The van der Waals surface area contributed by atoms with E-state index in [1.807, 2.05) is 31.4 Å². The van der Waals surface area contributed by atoms with Crippen LogP contribution in [0.3, 0.4) is 0 Å². The van der Waals surface area contributed by atoms with Crippen molar-refractivity contribution in [3.8, 4) is 0 Å². The van der Waals surface area contributed by atoms with E-state index in [4.69, 9.17) is 4.74 Å². The molecule has 7 nitrogen and oxygen atoms in total. The van der Waals surface area contributed by atoms with Crippen LogP contribution in [0.5, 0.6) is 0 Å². The highest BCUT2D eigenvalue weighted by Crippen LogP contribution is 2.61. The molecule has 214 valence electrons. The third-order valence-electron chi connectivity index (χ3n) is 8.81. The molecule has 1 heterocycles. The molecule has 2 aliphatic carbocycles. The van der Waals surface area contributed by atoms with Gasteiger partial charge in [-0.3, -0.25) is 10.1 Å². The van der Waals surface area contributed by atoms with Gasteiger partial charge in [-0.2, -0.15) is 13.2 Å². The summed E-state index contributed by atoms with van der Waals surface area (Å²) in [6, 6.07) is 8.15. The van der Waals surface area contributed by atoms with Crippen molar-refractivity contribution in [2.45, 2.75) is 70.9 Å². The van der Waals surface area contributed by atoms with E-state index in [1.54, 1.807) is 11.3 Å². The number of carbonyl (C=O) groups is 2. The standard InChI is InChI=1S/C28H35F3N2O5S/c1-26-11-10-23(38-25(37)33-18-6-3-5-17(13-18)28(29,30)31)27(2,16-34)22(26)9-8-21(35)20(26)14-24(36)32-15-19-7-4-12-39-19/h3-7,12-13,20-23,34-35H,8-11,14-16H2,1-2H3,(H,32,36)(H,33,37)/t20-,21-,22-,23-,26+,27+/m1/s1. The van der Waals surface area contributed by atoms with Crippen LogP contribution in [0.4, 0.5) is 23.7 Å². The van der Waals surface area contributed by atoms with Gasteiger partial charge in [0, 0.05) is 22.4 Å². The van der Waals surface area contributed by atoms with E-state index in [2.05, 4.69) is 10.6 Å². The molecular weight excluding hydrogens is 533 g/mol. The van der Waals surface area contributed by atoms with E-state index < -0.39 is 40.9 Å². The number of nitrogens with one attached hydrogen (secondary N) is 2. The zero-order chi connectivity index (χ0) is 28.4. The fourth-order valence-electron chi connectivity index (χ4n) is 6.70. The number of aliphatic hydroxyl groups excluding tert-OH is 2. The number of ether oxygens (including phenoxy) is 1. The number of rotatable bonds is 7. The van der Waals surface area contributed by atoms with Gasteiger partial charge < -0.3 is 20.3 Å². The Morgan fingerprint density at radius 1 is 1.15 bits per heavy atom. The largest absolute Gasteiger partial charge is 0.445 e. The predicted octanol–water partition coefficient (Wildman–Crippen LogP) is 5.58. The number of halogens is 3. The topological polar surface area (TPSA) is 108 Å². The SMILES string of the molecule is C[C@]1(CO)[C@@H]2CC[C@@H](O)[C@@H](CC(=O)NCc3cccs3)[C@]2(C)CC[C@H]1OC(=O)Nc1cccc(C(F)(F)F)c1. The van der Waals surface area contributed by atoms with Gasteiger partial charge in [0.2, 0.25) is 5.91 Å². The van der Waals surface area contributed by atoms with Gasteiger partial charge in [-0.25, -0.2) is 4.79 Å². The smallest absolute Gasteiger partial charge is 0.416 e. The molecule has 0 unspecified atom stereocenters. The number of anilines is 1. The molecule has 1 aromatic heterocycles. The Labute approximate surface area is 229 Å². The lowest BCUT2D eigenvalue weighted by Gasteiger charge is -2.60. The fraction of sp³-hybridized carbons (Fsp3) is 0.571. The van der Waals surface area contributed by atoms with Crippen LogP contribution in [0, 0.1) is 22.7 Å². The Morgan fingerprint density at radius 3 is 2.59 bits per heavy atom. The van der Waals surface area contributed by atoms with Crippen LogP contribution in [0.25, 0.3) is 0 Å². The molecule has 4 rings (SSSR count). The average molecular weight is 569 g/mol. The third kappa shape index (κ3) is 6.25. The molecule has 0 aliphatic heterocycles. The molecule has 0 bridgehead atoms. The van der Waals surface area contributed by atoms with Gasteiger partial charge in [-0.05, 0) is 72.6 Å². The monoisotopic (exact) mass is 568 g/mol. The van der Waals surface area contributed by atoms with Gasteiger partial charge in [0.05, 0.1) is 24.8 Å². The summed E-state index contributed by atoms with van der Waals surface area (Å²) < 4.78 is 44.9. The van der Waals surface area contributed by atoms with Crippen LogP contribution in [-0.2, 0) is 22.3 Å². The highest BCUT2D eigenvalue weighted by molar-refractivity contribution is 7.09. The first kappa shape index (κ1) is 29.4. The maximum atomic E-state index is 13.1. The van der Waals surface area contributed by atoms with Gasteiger partial charge in [0.1, 0.15) is 6.10 Å². The van der Waals surface area contributed by atoms with Gasteiger partial charge in [-0.15, -0.1) is 11.3 Å². The summed E-state index contributed by atoms with van der Waals surface area (Å²) in [6.07, 6.45) is -4.73. The molecule has 2 fully saturated rings. The lowest BCUT2D eigenvalue weighted by Crippen LogP contribution is -2.61. The number of amides is 2. The van der Waals surface area contributed by atoms with Gasteiger partial charge in [0.25, 0.3) is 0 Å². The Hall–Kier alpha value is -2.63. The molecule has 39 heavy (non-hydrogen) atoms. The number of hydrogen-bond donors (Lipinski definition) is 4. The lowest BCUT2D eigenvalue weighted by molar-refractivity contribution is -0.185.